The quantitative estimate of drug-likeness (QED) is 0.844. The SMILES string of the molecule is CC(=O)c1ccc(NC(=O)N2CCOCC2(C)C)cc1. The number of ketones is 1. The van der Waals surface area contributed by atoms with Crippen LogP contribution in [0, 0.1) is 0 Å². The minimum atomic E-state index is -0.318. The van der Waals surface area contributed by atoms with E-state index < -0.39 is 0 Å². The first-order chi connectivity index (χ1) is 9.40. The van der Waals surface area contributed by atoms with E-state index in [1.807, 2.05) is 13.8 Å². The molecule has 1 saturated heterocycles. The fraction of sp³-hybridized carbons (Fsp3) is 0.467. The molecular formula is C15H20N2O3. The van der Waals surface area contributed by atoms with Crippen LogP contribution in [0.5, 0.6) is 0 Å². The molecule has 1 aromatic carbocycles. The van der Waals surface area contributed by atoms with Crippen LogP contribution in [0.3, 0.4) is 0 Å². The van der Waals surface area contributed by atoms with E-state index in [9.17, 15) is 9.59 Å². The summed E-state index contributed by atoms with van der Waals surface area (Å²) in [5.41, 5.74) is 0.999. The van der Waals surface area contributed by atoms with Crippen LogP contribution >= 0.6 is 0 Å². The van der Waals surface area contributed by atoms with E-state index >= 15 is 0 Å². The molecule has 0 saturated carbocycles. The van der Waals surface area contributed by atoms with Crippen LogP contribution in [0.2, 0.25) is 0 Å². The van der Waals surface area contributed by atoms with Gasteiger partial charge in [-0.1, -0.05) is 0 Å². The van der Waals surface area contributed by atoms with Crippen LogP contribution in [0.25, 0.3) is 0 Å². The standard InChI is InChI=1S/C15H20N2O3/c1-11(18)12-4-6-13(7-5-12)16-14(19)17-8-9-20-10-15(17,2)3/h4-7H,8-10H2,1-3H3,(H,16,19). The molecule has 1 aliphatic rings. The van der Waals surface area contributed by atoms with Crippen molar-refractivity contribution in [3.8, 4) is 0 Å². The van der Waals surface area contributed by atoms with Gasteiger partial charge in [0.15, 0.2) is 5.78 Å². The molecule has 0 radical (unpaired) electrons. The molecule has 0 unspecified atom stereocenters. The van der Waals surface area contributed by atoms with E-state index in [0.717, 1.165) is 0 Å². The number of ether oxygens (including phenoxy) is 1. The Hall–Kier alpha value is -1.88. The maximum Gasteiger partial charge on any atom is 0.322 e. The number of hydrogen-bond acceptors (Lipinski definition) is 3. The molecule has 108 valence electrons. The van der Waals surface area contributed by atoms with E-state index in [-0.39, 0.29) is 17.4 Å². The van der Waals surface area contributed by atoms with E-state index in [2.05, 4.69) is 5.32 Å². The highest BCUT2D eigenvalue weighted by Crippen LogP contribution is 2.20. The number of amides is 2. The van der Waals surface area contributed by atoms with Crippen LogP contribution < -0.4 is 5.32 Å². The fourth-order valence-corrected chi connectivity index (χ4v) is 2.21. The summed E-state index contributed by atoms with van der Waals surface area (Å²) in [5.74, 6) is 0.0113. The van der Waals surface area contributed by atoms with Gasteiger partial charge in [-0.3, -0.25) is 4.79 Å². The highest BCUT2D eigenvalue weighted by molar-refractivity contribution is 5.95. The molecule has 1 heterocycles. The Balaban J connectivity index is 2.05. The summed E-state index contributed by atoms with van der Waals surface area (Å²) in [6, 6.07) is 6.75. The lowest BCUT2D eigenvalue weighted by Gasteiger charge is -2.41. The molecule has 20 heavy (non-hydrogen) atoms. The monoisotopic (exact) mass is 276 g/mol. The number of carbonyl (C=O) groups is 2. The number of hydrogen-bond donors (Lipinski definition) is 1. The number of rotatable bonds is 2. The summed E-state index contributed by atoms with van der Waals surface area (Å²) < 4.78 is 5.40. The average molecular weight is 276 g/mol. The van der Waals surface area contributed by atoms with Crippen molar-refractivity contribution in [2.24, 2.45) is 0 Å². The van der Waals surface area contributed by atoms with Gasteiger partial charge in [0.2, 0.25) is 0 Å². The normalized spacial score (nSPS) is 17.6. The second-order valence-electron chi connectivity index (χ2n) is 5.58. The summed E-state index contributed by atoms with van der Waals surface area (Å²) >= 11 is 0. The number of urea groups is 1. The van der Waals surface area contributed by atoms with Gasteiger partial charge in [0.05, 0.1) is 18.8 Å². The van der Waals surface area contributed by atoms with Crippen molar-refractivity contribution in [2.75, 3.05) is 25.1 Å². The lowest BCUT2D eigenvalue weighted by molar-refractivity contribution is -0.0249. The van der Waals surface area contributed by atoms with Crippen LogP contribution in [0.15, 0.2) is 24.3 Å². The molecule has 2 rings (SSSR count). The second-order valence-corrected chi connectivity index (χ2v) is 5.58. The molecule has 1 fully saturated rings. The van der Waals surface area contributed by atoms with Gasteiger partial charge in [0.25, 0.3) is 0 Å². The predicted octanol–water partition coefficient (Wildman–Crippen LogP) is 2.53. The zero-order valence-electron chi connectivity index (χ0n) is 12.1. The third-order valence-corrected chi connectivity index (χ3v) is 3.43. The summed E-state index contributed by atoms with van der Waals surface area (Å²) in [7, 11) is 0. The molecule has 0 spiro atoms. The molecular weight excluding hydrogens is 256 g/mol. The number of benzene rings is 1. The van der Waals surface area contributed by atoms with Crippen LogP contribution in [0.1, 0.15) is 31.1 Å². The minimum absolute atomic E-state index is 0.0113. The van der Waals surface area contributed by atoms with Gasteiger partial charge in [-0.25, -0.2) is 4.79 Å². The Kier molecular flexibility index (Phi) is 4.09. The first kappa shape index (κ1) is 14.5. The summed E-state index contributed by atoms with van der Waals surface area (Å²) in [5, 5.41) is 2.85. The van der Waals surface area contributed by atoms with Crippen LogP contribution in [-0.2, 0) is 4.74 Å². The van der Waals surface area contributed by atoms with Gasteiger partial charge < -0.3 is 15.0 Å². The maximum atomic E-state index is 12.3. The van der Waals surface area contributed by atoms with Gasteiger partial charge in [-0.15, -0.1) is 0 Å². The smallest absolute Gasteiger partial charge is 0.322 e. The van der Waals surface area contributed by atoms with Crippen LogP contribution in [0.4, 0.5) is 10.5 Å². The molecule has 1 aromatic rings. The van der Waals surface area contributed by atoms with Crippen LogP contribution in [-0.4, -0.2) is 42.0 Å². The predicted molar refractivity (Wildman–Crippen MR) is 77.1 cm³/mol. The summed E-state index contributed by atoms with van der Waals surface area (Å²) in [6.45, 7) is 7.13. The number of morpholine rings is 1. The average Bonchev–Trinajstić information content (AvgIpc) is 2.38. The molecule has 1 N–H and O–H groups in total. The highest BCUT2D eigenvalue weighted by Gasteiger charge is 2.34. The third-order valence-electron chi connectivity index (χ3n) is 3.43. The Morgan fingerprint density at radius 3 is 2.45 bits per heavy atom. The van der Waals surface area contributed by atoms with Gasteiger partial charge in [-0.2, -0.15) is 0 Å². The lowest BCUT2D eigenvalue weighted by atomic mass is 10.0. The molecule has 2 amide bonds. The van der Waals surface area contributed by atoms with E-state index in [4.69, 9.17) is 4.74 Å². The van der Waals surface area contributed by atoms with Gasteiger partial charge in [0, 0.05) is 17.8 Å². The first-order valence-electron chi connectivity index (χ1n) is 6.67. The molecule has 0 atom stereocenters. The van der Waals surface area contributed by atoms with Gasteiger partial charge >= 0.3 is 6.03 Å². The number of Topliss-reactive ketones (excluding diaryl/α,β-unsaturated/α-hetero) is 1. The van der Waals surface area contributed by atoms with Crippen molar-refractivity contribution in [2.45, 2.75) is 26.3 Å². The van der Waals surface area contributed by atoms with E-state index in [1.54, 1.807) is 29.2 Å². The lowest BCUT2D eigenvalue weighted by Crippen LogP contribution is -2.56. The zero-order chi connectivity index (χ0) is 14.8. The van der Waals surface area contributed by atoms with Crippen molar-refractivity contribution in [1.82, 2.24) is 4.90 Å². The highest BCUT2D eigenvalue weighted by atomic mass is 16.5. The molecule has 0 aliphatic carbocycles. The molecule has 5 heteroatoms. The minimum Gasteiger partial charge on any atom is -0.377 e. The van der Waals surface area contributed by atoms with Gasteiger partial charge in [-0.05, 0) is 45.0 Å². The largest absolute Gasteiger partial charge is 0.377 e. The molecule has 0 bridgehead atoms. The van der Waals surface area contributed by atoms with E-state index in [1.165, 1.54) is 6.92 Å². The first-order valence-corrected chi connectivity index (χ1v) is 6.67. The van der Waals surface area contributed by atoms with E-state index in [0.29, 0.717) is 31.0 Å². The Labute approximate surface area is 118 Å². The number of nitrogens with one attached hydrogen (secondary N) is 1. The molecule has 5 nitrogen and oxygen atoms in total. The Bertz CT molecular complexity index is 508. The third kappa shape index (κ3) is 3.17. The number of nitrogens with zero attached hydrogens (tertiary/aromatic N) is 1. The number of anilines is 1. The topological polar surface area (TPSA) is 58.6 Å². The van der Waals surface area contributed by atoms with Crippen molar-refractivity contribution in [1.29, 1.82) is 0 Å². The van der Waals surface area contributed by atoms with Crippen molar-refractivity contribution < 1.29 is 14.3 Å². The molecule has 1 aliphatic heterocycles. The summed E-state index contributed by atoms with van der Waals surface area (Å²) in [4.78, 5) is 25.3. The maximum absolute atomic E-state index is 12.3. The zero-order valence-corrected chi connectivity index (χ0v) is 12.1. The molecule has 0 aromatic heterocycles. The number of carbonyl (C=O) groups excluding carboxylic acids is 2. The second kappa shape index (κ2) is 5.63. The fourth-order valence-electron chi connectivity index (χ4n) is 2.21. The van der Waals surface area contributed by atoms with Crippen molar-refractivity contribution >= 4 is 17.5 Å². The Morgan fingerprint density at radius 1 is 1.25 bits per heavy atom. The summed E-state index contributed by atoms with van der Waals surface area (Å²) in [6.07, 6.45) is 0. The Morgan fingerprint density at radius 2 is 1.90 bits per heavy atom. The van der Waals surface area contributed by atoms with Crippen molar-refractivity contribution in [3.05, 3.63) is 29.8 Å². The van der Waals surface area contributed by atoms with Gasteiger partial charge in [0.1, 0.15) is 0 Å². The van der Waals surface area contributed by atoms with Crippen molar-refractivity contribution in [3.63, 3.8) is 0 Å².